The number of hydrogen-bond acceptors (Lipinski definition) is 9. The number of carbonyl (C=O) groups excluding carboxylic acids is 1. The van der Waals surface area contributed by atoms with Crippen molar-refractivity contribution in [3.63, 3.8) is 0 Å². The average molecular weight is 529 g/mol. The lowest BCUT2D eigenvalue weighted by Gasteiger charge is -2.35. The fraction of sp³-hybridized carbons (Fsp3) is 0.429. The summed E-state index contributed by atoms with van der Waals surface area (Å²) >= 11 is 0. The Morgan fingerprint density at radius 1 is 1.15 bits per heavy atom. The lowest BCUT2D eigenvalue weighted by Crippen LogP contribution is -2.50. The number of fused-ring (bicyclic) bond motifs is 1. The van der Waals surface area contributed by atoms with Crippen molar-refractivity contribution in [1.29, 1.82) is 5.26 Å². The number of anilines is 1. The Hall–Kier alpha value is -4.16. The second-order valence-electron chi connectivity index (χ2n) is 9.74. The molecule has 1 N–H and O–H groups in total. The molecular weight excluding hydrogens is 496 g/mol. The van der Waals surface area contributed by atoms with Gasteiger partial charge in [-0.15, -0.1) is 6.42 Å². The van der Waals surface area contributed by atoms with Crippen LogP contribution in [0.1, 0.15) is 12.5 Å². The zero-order valence-electron chi connectivity index (χ0n) is 22.0. The van der Waals surface area contributed by atoms with Crippen LogP contribution in [0.15, 0.2) is 36.8 Å². The molecule has 5 rings (SSSR count). The van der Waals surface area contributed by atoms with Gasteiger partial charge in [-0.2, -0.15) is 10.4 Å². The molecule has 202 valence electrons. The molecular formula is C28H32N8O3. The molecule has 2 fully saturated rings. The molecule has 0 aromatic carbocycles. The molecule has 0 bridgehead atoms. The standard InChI is InChI=1S/C28H32N8O3/c1-3-27(38)35-12-10-34(11-13-35)26-5-4-22(18-30-26)25-16-24(20-36-28(25)23(17-29)19-31-36)39-15-14-32-6-8-33(9-7-32)21(2)37/h1,4-5,16,18-21,37H,6-15H2,2H3. The summed E-state index contributed by atoms with van der Waals surface area (Å²) in [6.45, 7) is 8.96. The molecule has 0 saturated carbocycles. The first-order valence-corrected chi connectivity index (χ1v) is 13.1. The second kappa shape index (κ2) is 11.7. The summed E-state index contributed by atoms with van der Waals surface area (Å²) in [5.41, 5.74) is 2.85. The topological polar surface area (TPSA) is 113 Å². The van der Waals surface area contributed by atoms with Crippen molar-refractivity contribution in [2.45, 2.75) is 13.2 Å². The minimum atomic E-state index is -0.417. The zero-order chi connectivity index (χ0) is 27.4. The number of rotatable bonds is 7. The molecule has 2 aliphatic rings. The van der Waals surface area contributed by atoms with Crippen LogP contribution in [0.3, 0.4) is 0 Å². The number of aliphatic hydroxyl groups is 1. The first-order chi connectivity index (χ1) is 19.0. The lowest BCUT2D eigenvalue weighted by molar-refractivity contribution is -0.125. The number of aliphatic hydroxyl groups excluding tert-OH is 1. The van der Waals surface area contributed by atoms with E-state index in [2.05, 4.69) is 36.8 Å². The normalized spacial score (nSPS) is 17.5. The van der Waals surface area contributed by atoms with Crippen LogP contribution in [-0.2, 0) is 4.79 Å². The van der Waals surface area contributed by atoms with Gasteiger partial charge in [0.25, 0.3) is 5.91 Å². The van der Waals surface area contributed by atoms with Crippen molar-refractivity contribution in [1.82, 2.24) is 29.3 Å². The third kappa shape index (κ3) is 5.81. The maximum Gasteiger partial charge on any atom is 0.298 e. The smallest absolute Gasteiger partial charge is 0.298 e. The van der Waals surface area contributed by atoms with Crippen molar-refractivity contribution in [3.8, 4) is 35.3 Å². The number of aromatic nitrogens is 3. The van der Waals surface area contributed by atoms with E-state index in [1.807, 2.05) is 18.2 Å². The van der Waals surface area contributed by atoms with Crippen molar-refractivity contribution >= 4 is 17.2 Å². The Bertz CT molecular complexity index is 1390. The van der Waals surface area contributed by atoms with Crippen molar-refractivity contribution < 1.29 is 14.6 Å². The van der Waals surface area contributed by atoms with E-state index in [1.54, 1.807) is 34.9 Å². The van der Waals surface area contributed by atoms with Crippen LogP contribution >= 0.6 is 0 Å². The molecule has 0 radical (unpaired) electrons. The monoisotopic (exact) mass is 528 g/mol. The highest BCUT2D eigenvalue weighted by Crippen LogP contribution is 2.31. The summed E-state index contributed by atoms with van der Waals surface area (Å²) in [6, 6.07) is 8.10. The number of hydrogen-bond donors (Lipinski definition) is 1. The molecule has 39 heavy (non-hydrogen) atoms. The number of ether oxygens (including phenoxy) is 1. The van der Waals surface area contributed by atoms with Crippen LogP contribution in [0.4, 0.5) is 5.82 Å². The van der Waals surface area contributed by atoms with E-state index in [1.165, 1.54) is 0 Å². The Morgan fingerprint density at radius 2 is 1.92 bits per heavy atom. The van der Waals surface area contributed by atoms with Gasteiger partial charge in [-0.3, -0.25) is 14.6 Å². The van der Waals surface area contributed by atoms with Crippen LogP contribution in [0.5, 0.6) is 5.75 Å². The third-order valence-electron chi connectivity index (χ3n) is 7.39. The highest BCUT2D eigenvalue weighted by molar-refractivity contribution is 5.93. The zero-order valence-corrected chi connectivity index (χ0v) is 22.0. The molecule has 0 aliphatic carbocycles. The summed E-state index contributed by atoms with van der Waals surface area (Å²) in [5, 5.41) is 23.8. The van der Waals surface area contributed by atoms with E-state index in [0.29, 0.717) is 49.6 Å². The number of nitriles is 1. The maximum atomic E-state index is 11.8. The fourth-order valence-electron chi connectivity index (χ4n) is 5.09. The van der Waals surface area contributed by atoms with E-state index < -0.39 is 6.23 Å². The first-order valence-electron chi connectivity index (χ1n) is 13.1. The Morgan fingerprint density at radius 3 is 2.56 bits per heavy atom. The van der Waals surface area contributed by atoms with Crippen molar-refractivity contribution in [2.75, 3.05) is 70.4 Å². The van der Waals surface area contributed by atoms with E-state index in [-0.39, 0.29) is 5.91 Å². The molecule has 0 spiro atoms. The molecule has 3 aromatic rings. The fourth-order valence-corrected chi connectivity index (χ4v) is 5.09. The lowest BCUT2D eigenvalue weighted by atomic mass is 10.1. The first kappa shape index (κ1) is 26.4. The Balaban J connectivity index is 1.29. The third-order valence-corrected chi connectivity index (χ3v) is 7.39. The predicted molar refractivity (Wildman–Crippen MR) is 146 cm³/mol. The van der Waals surface area contributed by atoms with Crippen molar-refractivity contribution in [2.24, 2.45) is 0 Å². The van der Waals surface area contributed by atoms with Gasteiger partial charge in [0, 0.05) is 76.2 Å². The maximum absolute atomic E-state index is 11.8. The molecule has 1 amide bonds. The molecule has 2 aliphatic heterocycles. The van der Waals surface area contributed by atoms with Gasteiger partial charge in [-0.25, -0.2) is 9.50 Å². The summed E-state index contributed by atoms with van der Waals surface area (Å²) in [5.74, 6) is 3.37. The molecule has 1 atom stereocenters. The quantitative estimate of drug-likeness (QED) is 0.447. The van der Waals surface area contributed by atoms with Gasteiger partial charge >= 0.3 is 0 Å². The second-order valence-corrected chi connectivity index (χ2v) is 9.74. The highest BCUT2D eigenvalue weighted by Gasteiger charge is 2.22. The van der Waals surface area contributed by atoms with E-state index >= 15 is 0 Å². The van der Waals surface area contributed by atoms with Crippen molar-refractivity contribution in [3.05, 3.63) is 42.4 Å². The van der Waals surface area contributed by atoms with Crippen LogP contribution < -0.4 is 9.64 Å². The summed E-state index contributed by atoms with van der Waals surface area (Å²) in [6.07, 6.45) is 9.98. The van der Waals surface area contributed by atoms with E-state index in [0.717, 1.165) is 49.7 Å². The Kier molecular flexibility index (Phi) is 7.94. The molecule has 2 saturated heterocycles. The van der Waals surface area contributed by atoms with Gasteiger partial charge in [0.05, 0.1) is 23.5 Å². The SMILES string of the molecule is C#CC(=O)N1CCN(c2ccc(-c3cc(OCCN4CCN(C(C)O)CC4)cn4ncc(C#N)c34)cn2)CC1. The van der Waals surface area contributed by atoms with Crippen LogP contribution in [0.25, 0.3) is 16.6 Å². The minimum absolute atomic E-state index is 0.280. The van der Waals surface area contributed by atoms with Crippen LogP contribution in [-0.4, -0.2) is 112 Å². The van der Waals surface area contributed by atoms with E-state index in [4.69, 9.17) is 11.2 Å². The molecule has 5 heterocycles. The van der Waals surface area contributed by atoms with Crippen LogP contribution in [0.2, 0.25) is 0 Å². The number of piperazine rings is 2. The Labute approximate surface area is 227 Å². The number of terminal acetylenes is 1. The number of pyridine rings is 2. The highest BCUT2D eigenvalue weighted by atomic mass is 16.5. The molecule has 11 heteroatoms. The summed E-state index contributed by atoms with van der Waals surface area (Å²) in [4.78, 5) is 24.6. The van der Waals surface area contributed by atoms with Gasteiger partial charge < -0.3 is 19.6 Å². The molecule has 1 unspecified atom stereocenters. The number of amides is 1. The number of carbonyl (C=O) groups is 1. The number of nitrogens with zero attached hydrogens (tertiary/aromatic N) is 8. The summed E-state index contributed by atoms with van der Waals surface area (Å²) in [7, 11) is 0. The van der Waals surface area contributed by atoms with Gasteiger partial charge in [0.15, 0.2) is 0 Å². The van der Waals surface area contributed by atoms with Crippen LogP contribution in [0, 0.1) is 23.7 Å². The predicted octanol–water partition coefficient (Wildman–Crippen LogP) is 0.884. The van der Waals surface area contributed by atoms with Gasteiger partial charge in [-0.1, -0.05) is 0 Å². The van der Waals surface area contributed by atoms with Gasteiger partial charge in [0.2, 0.25) is 0 Å². The van der Waals surface area contributed by atoms with Gasteiger partial charge in [0.1, 0.15) is 30.5 Å². The molecule has 11 nitrogen and oxygen atoms in total. The minimum Gasteiger partial charge on any atom is -0.491 e. The largest absolute Gasteiger partial charge is 0.491 e. The average Bonchev–Trinajstić information content (AvgIpc) is 3.40. The molecule has 3 aromatic heterocycles. The summed E-state index contributed by atoms with van der Waals surface area (Å²) < 4.78 is 7.81. The van der Waals surface area contributed by atoms with Gasteiger partial charge in [-0.05, 0) is 31.0 Å². The van der Waals surface area contributed by atoms with E-state index in [9.17, 15) is 15.2 Å².